The third-order valence-electron chi connectivity index (χ3n) is 4.66. The number of hydrogen-bond acceptors (Lipinski definition) is 4. The maximum atomic E-state index is 13.1. The predicted octanol–water partition coefficient (Wildman–Crippen LogP) is 2.84. The fourth-order valence-electron chi connectivity index (χ4n) is 3.40. The molecular weight excluding hydrogens is 325 g/mol. The summed E-state index contributed by atoms with van der Waals surface area (Å²) in [6.07, 6.45) is 0. The highest BCUT2D eigenvalue weighted by Gasteiger charge is 2.38. The molecule has 0 amide bonds. The van der Waals surface area contributed by atoms with Crippen molar-refractivity contribution in [3.8, 4) is 11.5 Å². The highest BCUT2D eigenvalue weighted by Crippen LogP contribution is 2.34. The number of phenols is 1. The Balaban J connectivity index is 1.77. The van der Waals surface area contributed by atoms with E-state index in [1.807, 2.05) is 11.0 Å². The second-order valence-corrected chi connectivity index (χ2v) is 6.30. The fourth-order valence-corrected chi connectivity index (χ4v) is 3.40. The Bertz CT molecular complexity index is 763. The maximum absolute atomic E-state index is 13.1. The molecule has 0 aromatic heterocycles. The van der Waals surface area contributed by atoms with Crippen molar-refractivity contribution < 1.29 is 24.1 Å². The zero-order valence-corrected chi connectivity index (χ0v) is 13.9. The van der Waals surface area contributed by atoms with Crippen molar-refractivity contribution in [3.63, 3.8) is 0 Å². The van der Waals surface area contributed by atoms with Gasteiger partial charge in [-0.1, -0.05) is 18.2 Å². The van der Waals surface area contributed by atoms with Crippen LogP contribution in [0.2, 0.25) is 0 Å². The van der Waals surface area contributed by atoms with Crippen LogP contribution in [0.3, 0.4) is 0 Å². The number of aromatic hydroxyl groups is 1. The number of carboxylic acids is 1. The van der Waals surface area contributed by atoms with Crippen molar-refractivity contribution in [1.29, 1.82) is 0 Å². The minimum Gasteiger partial charge on any atom is -0.504 e. The summed E-state index contributed by atoms with van der Waals surface area (Å²) < 4.78 is 18.2. The monoisotopic (exact) mass is 345 g/mol. The van der Waals surface area contributed by atoms with Gasteiger partial charge in [0.1, 0.15) is 5.82 Å². The van der Waals surface area contributed by atoms with Crippen molar-refractivity contribution in [1.82, 2.24) is 4.90 Å². The largest absolute Gasteiger partial charge is 0.504 e. The first-order valence-corrected chi connectivity index (χ1v) is 8.04. The van der Waals surface area contributed by atoms with E-state index >= 15 is 0 Å². The number of phenolic OH excluding ortho intramolecular Hbond substituents is 1. The molecule has 1 heterocycles. The Labute approximate surface area is 145 Å². The van der Waals surface area contributed by atoms with Crippen LogP contribution in [0.15, 0.2) is 42.5 Å². The van der Waals surface area contributed by atoms with Crippen LogP contribution in [-0.4, -0.2) is 41.3 Å². The number of aliphatic carboxylic acids is 1. The summed E-state index contributed by atoms with van der Waals surface area (Å²) in [5.41, 5.74) is 1.70. The third kappa shape index (κ3) is 3.74. The molecule has 132 valence electrons. The van der Waals surface area contributed by atoms with E-state index in [9.17, 15) is 19.4 Å². The molecule has 25 heavy (non-hydrogen) atoms. The van der Waals surface area contributed by atoms with Gasteiger partial charge in [0, 0.05) is 25.6 Å². The molecule has 0 spiro atoms. The van der Waals surface area contributed by atoms with E-state index in [0.717, 1.165) is 11.1 Å². The van der Waals surface area contributed by atoms with Gasteiger partial charge in [-0.2, -0.15) is 0 Å². The van der Waals surface area contributed by atoms with Gasteiger partial charge < -0.3 is 14.9 Å². The highest BCUT2D eigenvalue weighted by atomic mass is 19.1. The van der Waals surface area contributed by atoms with E-state index in [1.165, 1.54) is 19.2 Å². The second kappa shape index (κ2) is 7.11. The molecule has 2 atom stereocenters. The number of nitrogens with zero attached hydrogens (tertiary/aromatic N) is 1. The SMILES string of the molecule is COc1ccc(CN2C[C@H](C(=O)O)[C@@H](c3ccc(F)cc3)C2)cc1O. The summed E-state index contributed by atoms with van der Waals surface area (Å²) in [4.78, 5) is 13.7. The molecule has 1 fully saturated rings. The molecule has 0 aliphatic carbocycles. The van der Waals surface area contributed by atoms with Crippen LogP contribution in [0, 0.1) is 11.7 Å². The quantitative estimate of drug-likeness (QED) is 0.872. The van der Waals surface area contributed by atoms with Crippen molar-refractivity contribution in [2.75, 3.05) is 20.2 Å². The van der Waals surface area contributed by atoms with Gasteiger partial charge in [-0.25, -0.2) is 4.39 Å². The number of rotatable bonds is 5. The lowest BCUT2D eigenvalue weighted by atomic mass is 9.89. The molecule has 2 N–H and O–H groups in total. The standard InChI is InChI=1S/C19H20FNO4/c1-25-18-7-2-12(8-17(18)22)9-21-10-15(16(11-21)19(23)24)13-3-5-14(20)6-4-13/h2-8,15-16,22H,9-11H2,1H3,(H,23,24)/t15-,16+/m1/s1. The lowest BCUT2D eigenvalue weighted by molar-refractivity contribution is -0.141. The molecule has 5 nitrogen and oxygen atoms in total. The first kappa shape index (κ1) is 17.2. The third-order valence-corrected chi connectivity index (χ3v) is 4.66. The number of carbonyl (C=O) groups is 1. The molecule has 0 radical (unpaired) electrons. The molecule has 2 aromatic rings. The summed E-state index contributed by atoms with van der Waals surface area (Å²) in [5, 5.41) is 19.4. The summed E-state index contributed by atoms with van der Waals surface area (Å²) in [5.74, 6) is -1.46. The molecule has 2 aromatic carbocycles. The van der Waals surface area contributed by atoms with Crippen molar-refractivity contribution in [3.05, 3.63) is 59.4 Å². The smallest absolute Gasteiger partial charge is 0.308 e. The van der Waals surface area contributed by atoms with E-state index in [0.29, 0.717) is 25.4 Å². The molecular formula is C19H20FNO4. The highest BCUT2D eigenvalue weighted by molar-refractivity contribution is 5.72. The average molecular weight is 345 g/mol. The predicted molar refractivity (Wildman–Crippen MR) is 90.2 cm³/mol. The maximum Gasteiger partial charge on any atom is 0.308 e. The van der Waals surface area contributed by atoms with Gasteiger partial charge in [0.15, 0.2) is 11.5 Å². The Morgan fingerprint density at radius 1 is 1.24 bits per heavy atom. The van der Waals surface area contributed by atoms with Crippen LogP contribution < -0.4 is 4.74 Å². The minimum atomic E-state index is -0.852. The van der Waals surface area contributed by atoms with E-state index < -0.39 is 11.9 Å². The number of halogens is 1. The Hall–Kier alpha value is -2.60. The minimum absolute atomic E-state index is 0.0593. The lowest BCUT2D eigenvalue weighted by Gasteiger charge is -2.17. The van der Waals surface area contributed by atoms with Gasteiger partial charge in [-0.05, 0) is 35.4 Å². The number of carboxylic acid groups (broad SMARTS) is 1. The van der Waals surface area contributed by atoms with Crippen LogP contribution in [0.4, 0.5) is 4.39 Å². The van der Waals surface area contributed by atoms with Crippen LogP contribution in [0.5, 0.6) is 11.5 Å². The number of benzene rings is 2. The number of hydrogen-bond donors (Lipinski definition) is 2. The van der Waals surface area contributed by atoms with Crippen LogP contribution >= 0.6 is 0 Å². The Morgan fingerprint density at radius 2 is 1.96 bits per heavy atom. The molecule has 0 saturated carbocycles. The normalized spacial score (nSPS) is 20.6. The molecule has 1 aliphatic rings. The first-order chi connectivity index (χ1) is 12.0. The van der Waals surface area contributed by atoms with Crippen LogP contribution in [0.25, 0.3) is 0 Å². The lowest BCUT2D eigenvalue weighted by Crippen LogP contribution is -2.23. The second-order valence-electron chi connectivity index (χ2n) is 6.30. The number of likely N-dealkylation sites (tertiary alicyclic amines) is 1. The Morgan fingerprint density at radius 3 is 2.56 bits per heavy atom. The number of ether oxygens (including phenoxy) is 1. The van der Waals surface area contributed by atoms with E-state index in [1.54, 1.807) is 24.3 Å². The summed E-state index contributed by atoms with van der Waals surface area (Å²) in [6.45, 7) is 1.50. The van der Waals surface area contributed by atoms with Gasteiger partial charge in [0.05, 0.1) is 13.0 Å². The van der Waals surface area contributed by atoms with Crippen molar-refractivity contribution in [2.24, 2.45) is 5.92 Å². The van der Waals surface area contributed by atoms with Crippen LogP contribution in [-0.2, 0) is 11.3 Å². The molecule has 3 rings (SSSR count). The van der Waals surface area contributed by atoms with Crippen LogP contribution in [0.1, 0.15) is 17.0 Å². The van der Waals surface area contributed by atoms with E-state index in [2.05, 4.69) is 0 Å². The molecule has 6 heteroatoms. The zero-order valence-electron chi connectivity index (χ0n) is 13.9. The summed E-state index contributed by atoms with van der Waals surface area (Å²) in [6, 6.07) is 11.2. The summed E-state index contributed by atoms with van der Waals surface area (Å²) in [7, 11) is 1.49. The number of methoxy groups -OCH3 is 1. The average Bonchev–Trinajstić information content (AvgIpc) is 3.00. The van der Waals surface area contributed by atoms with Gasteiger partial charge in [0.25, 0.3) is 0 Å². The van der Waals surface area contributed by atoms with E-state index in [4.69, 9.17) is 4.74 Å². The van der Waals surface area contributed by atoms with E-state index in [-0.39, 0.29) is 17.5 Å². The topological polar surface area (TPSA) is 70.0 Å². The summed E-state index contributed by atoms with van der Waals surface area (Å²) >= 11 is 0. The van der Waals surface area contributed by atoms with Gasteiger partial charge in [0.2, 0.25) is 0 Å². The molecule has 0 unspecified atom stereocenters. The molecule has 0 bridgehead atoms. The fraction of sp³-hybridized carbons (Fsp3) is 0.316. The Kier molecular flexibility index (Phi) is 4.90. The van der Waals surface area contributed by atoms with Gasteiger partial charge in [-0.15, -0.1) is 0 Å². The van der Waals surface area contributed by atoms with Crippen molar-refractivity contribution >= 4 is 5.97 Å². The first-order valence-electron chi connectivity index (χ1n) is 8.04. The zero-order chi connectivity index (χ0) is 18.0. The van der Waals surface area contributed by atoms with Gasteiger partial charge >= 0.3 is 5.97 Å². The molecule has 1 aliphatic heterocycles. The van der Waals surface area contributed by atoms with Gasteiger partial charge in [-0.3, -0.25) is 9.69 Å². The van der Waals surface area contributed by atoms with Crippen molar-refractivity contribution in [2.45, 2.75) is 12.5 Å². The molecule has 1 saturated heterocycles.